The fourth-order valence-corrected chi connectivity index (χ4v) is 6.35. The fraction of sp³-hybridized carbons (Fsp3) is 0.147. The quantitative estimate of drug-likeness (QED) is 0.211. The van der Waals surface area contributed by atoms with Crippen molar-refractivity contribution in [2.75, 3.05) is 6.61 Å². The van der Waals surface area contributed by atoms with Crippen molar-refractivity contribution < 1.29 is 14.3 Å². The van der Waals surface area contributed by atoms with E-state index >= 15 is 0 Å². The lowest BCUT2D eigenvalue weighted by molar-refractivity contribution is -0.139. The highest BCUT2D eigenvalue weighted by Crippen LogP contribution is 2.35. The van der Waals surface area contributed by atoms with Crippen molar-refractivity contribution in [1.29, 1.82) is 0 Å². The van der Waals surface area contributed by atoms with E-state index in [0.717, 1.165) is 27.5 Å². The summed E-state index contributed by atoms with van der Waals surface area (Å²) in [4.78, 5) is 32.7. The van der Waals surface area contributed by atoms with Gasteiger partial charge in [-0.15, -0.1) is 0 Å². The lowest BCUT2D eigenvalue weighted by Crippen LogP contribution is -2.40. The number of rotatable bonds is 7. The summed E-state index contributed by atoms with van der Waals surface area (Å²) < 4.78 is 13.7. The number of para-hydroxylation sites is 1. The highest BCUT2D eigenvalue weighted by molar-refractivity contribution is 7.07. The van der Waals surface area contributed by atoms with Gasteiger partial charge in [-0.1, -0.05) is 95.7 Å². The summed E-state index contributed by atoms with van der Waals surface area (Å²) in [6.07, 6.45) is 1.82. The largest absolute Gasteiger partial charge is 0.488 e. The third kappa shape index (κ3) is 5.29. The van der Waals surface area contributed by atoms with Crippen molar-refractivity contribution >= 4 is 45.8 Å². The Morgan fingerprint density at radius 1 is 1.00 bits per heavy atom. The first-order valence-electron chi connectivity index (χ1n) is 13.6. The molecular weight excluding hydrogens is 568 g/mol. The van der Waals surface area contributed by atoms with Crippen molar-refractivity contribution in [1.82, 2.24) is 4.57 Å². The van der Waals surface area contributed by atoms with Gasteiger partial charge in [0.05, 0.1) is 28.5 Å². The molecule has 6 nitrogen and oxygen atoms in total. The number of benzene rings is 4. The smallest absolute Gasteiger partial charge is 0.338 e. The maximum Gasteiger partial charge on any atom is 0.338 e. The molecule has 0 bridgehead atoms. The van der Waals surface area contributed by atoms with Crippen molar-refractivity contribution in [3.8, 4) is 5.75 Å². The molecule has 0 amide bonds. The van der Waals surface area contributed by atoms with E-state index in [9.17, 15) is 9.59 Å². The number of fused-ring (bicyclic) bond motifs is 2. The normalized spacial score (nSPS) is 14.9. The third-order valence-electron chi connectivity index (χ3n) is 7.15. The lowest BCUT2D eigenvalue weighted by Gasteiger charge is -2.25. The zero-order valence-electron chi connectivity index (χ0n) is 23.0. The van der Waals surface area contributed by atoms with Crippen LogP contribution in [-0.2, 0) is 16.1 Å². The van der Waals surface area contributed by atoms with Crippen LogP contribution in [0.15, 0.2) is 112 Å². The molecule has 1 atom stereocenters. The molecule has 6 rings (SSSR count). The van der Waals surface area contributed by atoms with Crippen molar-refractivity contribution in [3.63, 3.8) is 0 Å². The van der Waals surface area contributed by atoms with Crippen LogP contribution in [0.5, 0.6) is 5.75 Å². The number of carbonyl (C=O) groups is 1. The van der Waals surface area contributed by atoms with E-state index in [1.165, 1.54) is 11.3 Å². The Bertz CT molecular complexity index is 2020. The van der Waals surface area contributed by atoms with E-state index in [0.29, 0.717) is 38.0 Å². The maximum atomic E-state index is 14.1. The molecule has 4 aromatic carbocycles. The van der Waals surface area contributed by atoms with E-state index in [2.05, 4.69) is 0 Å². The lowest BCUT2D eigenvalue weighted by atomic mass is 9.91. The number of aromatic nitrogens is 1. The van der Waals surface area contributed by atoms with Crippen LogP contribution in [-0.4, -0.2) is 17.1 Å². The van der Waals surface area contributed by atoms with Crippen LogP contribution in [0.3, 0.4) is 0 Å². The fourth-order valence-electron chi connectivity index (χ4n) is 5.19. The molecule has 1 aliphatic rings. The number of allylic oxidation sites excluding steroid dienone is 1. The first-order valence-corrected chi connectivity index (χ1v) is 14.8. The molecule has 0 spiro atoms. The number of nitrogens with zero attached hydrogens (tertiary/aromatic N) is 2. The van der Waals surface area contributed by atoms with E-state index < -0.39 is 12.0 Å². The second-order valence-electron chi connectivity index (χ2n) is 9.82. The number of ether oxygens (including phenoxy) is 2. The predicted molar refractivity (Wildman–Crippen MR) is 167 cm³/mol. The van der Waals surface area contributed by atoms with Crippen LogP contribution < -0.4 is 19.6 Å². The van der Waals surface area contributed by atoms with Crippen LogP contribution in [0.2, 0.25) is 5.02 Å². The van der Waals surface area contributed by atoms with Gasteiger partial charge < -0.3 is 9.47 Å². The Hall–Kier alpha value is -4.46. The van der Waals surface area contributed by atoms with Gasteiger partial charge in [0, 0.05) is 10.6 Å². The van der Waals surface area contributed by atoms with E-state index in [1.54, 1.807) is 18.4 Å². The first-order chi connectivity index (χ1) is 20.4. The van der Waals surface area contributed by atoms with Gasteiger partial charge in [0.15, 0.2) is 4.80 Å². The number of thiazole rings is 1. The third-order valence-corrected chi connectivity index (χ3v) is 8.38. The molecule has 0 fully saturated rings. The molecule has 0 unspecified atom stereocenters. The van der Waals surface area contributed by atoms with Crippen LogP contribution in [0.1, 0.15) is 36.6 Å². The second-order valence-corrected chi connectivity index (χ2v) is 11.3. The number of hydrogen-bond donors (Lipinski definition) is 0. The number of esters is 1. The molecule has 1 aromatic heterocycles. The van der Waals surface area contributed by atoms with Crippen LogP contribution in [0.25, 0.3) is 16.8 Å². The molecule has 210 valence electrons. The Balaban J connectivity index is 1.48. The summed E-state index contributed by atoms with van der Waals surface area (Å²) in [5.74, 6) is 0.166. The molecule has 8 heteroatoms. The van der Waals surface area contributed by atoms with Crippen LogP contribution >= 0.6 is 22.9 Å². The van der Waals surface area contributed by atoms with E-state index in [-0.39, 0.29) is 12.2 Å². The average Bonchev–Trinajstić information content (AvgIpc) is 3.30. The topological polar surface area (TPSA) is 69.9 Å². The molecule has 0 N–H and O–H groups in total. The SMILES string of the molecule is CCOC(=O)C1=C(C)N=c2s/c(=C/c3ccccc3OCc3ccc(Cl)cc3)c(=O)n2[C@H]1c1cccc2ccccc12. The Morgan fingerprint density at radius 2 is 1.74 bits per heavy atom. The van der Waals surface area contributed by atoms with Gasteiger partial charge in [-0.25, -0.2) is 9.79 Å². The average molecular weight is 595 g/mol. The standard InChI is InChI=1S/C34H27ClN2O4S/c1-3-40-33(39)30-21(2)36-34-37(31(30)27-13-8-11-23-9-4-6-12-26(23)27)32(38)29(42-34)19-24-10-5-7-14-28(24)41-20-22-15-17-25(35)18-16-22/h4-19,31H,3,20H2,1-2H3/b29-19+/t31-/m0/s1. The molecule has 42 heavy (non-hydrogen) atoms. The van der Waals surface area contributed by atoms with Gasteiger partial charge in [0.1, 0.15) is 12.4 Å². The summed E-state index contributed by atoms with van der Waals surface area (Å²) in [6.45, 7) is 4.13. The number of hydrogen-bond acceptors (Lipinski definition) is 6. The maximum absolute atomic E-state index is 14.1. The highest BCUT2D eigenvalue weighted by atomic mass is 35.5. The minimum Gasteiger partial charge on any atom is -0.488 e. The van der Waals surface area contributed by atoms with E-state index in [4.69, 9.17) is 26.1 Å². The van der Waals surface area contributed by atoms with Crippen LogP contribution in [0, 0.1) is 0 Å². The zero-order valence-corrected chi connectivity index (χ0v) is 24.6. The predicted octanol–water partition coefficient (Wildman–Crippen LogP) is 6.18. The minimum atomic E-state index is -0.690. The summed E-state index contributed by atoms with van der Waals surface area (Å²) in [5, 5.41) is 2.64. The Kier molecular flexibility index (Phi) is 7.78. The van der Waals surface area contributed by atoms with Gasteiger partial charge in [-0.3, -0.25) is 9.36 Å². The van der Waals surface area contributed by atoms with Gasteiger partial charge >= 0.3 is 5.97 Å². The molecule has 0 saturated heterocycles. The second kappa shape index (κ2) is 11.8. The van der Waals surface area contributed by atoms with E-state index in [1.807, 2.05) is 97.1 Å². The monoisotopic (exact) mass is 594 g/mol. The van der Waals surface area contributed by atoms with Gasteiger partial charge in [0.2, 0.25) is 0 Å². The molecule has 1 aliphatic heterocycles. The molecule has 0 radical (unpaired) electrons. The minimum absolute atomic E-state index is 0.217. The summed E-state index contributed by atoms with van der Waals surface area (Å²) in [5.41, 5.74) is 3.23. The summed E-state index contributed by atoms with van der Waals surface area (Å²) in [7, 11) is 0. The van der Waals surface area contributed by atoms with Crippen molar-refractivity contribution in [2.24, 2.45) is 4.99 Å². The Labute approximate surface area is 251 Å². The van der Waals surface area contributed by atoms with Crippen molar-refractivity contribution in [3.05, 3.63) is 144 Å². The van der Waals surface area contributed by atoms with Gasteiger partial charge in [-0.2, -0.15) is 0 Å². The van der Waals surface area contributed by atoms with Gasteiger partial charge in [0.25, 0.3) is 5.56 Å². The molecular formula is C34H27ClN2O4S. The first kappa shape index (κ1) is 27.7. The zero-order chi connectivity index (χ0) is 29.2. The highest BCUT2D eigenvalue weighted by Gasteiger charge is 2.34. The van der Waals surface area contributed by atoms with Crippen LogP contribution in [0.4, 0.5) is 0 Å². The molecule has 2 heterocycles. The summed E-state index contributed by atoms with van der Waals surface area (Å²) >= 11 is 7.31. The Morgan fingerprint density at radius 3 is 2.55 bits per heavy atom. The number of carbonyl (C=O) groups excluding carboxylic acids is 1. The summed E-state index contributed by atoms with van der Waals surface area (Å²) in [6, 6.07) is 28.2. The molecule has 0 saturated carbocycles. The molecule has 0 aliphatic carbocycles. The molecule has 5 aromatic rings. The van der Waals surface area contributed by atoms with Crippen molar-refractivity contribution in [2.45, 2.75) is 26.5 Å². The number of halogens is 1. The van der Waals surface area contributed by atoms with Gasteiger partial charge in [-0.05, 0) is 60.0 Å².